The van der Waals surface area contributed by atoms with Crippen LogP contribution < -0.4 is 10.7 Å². The van der Waals surface area contributed by atoms with Crippen LogP contribution in [0, 0.1) is 0 Å². The highest BCUT2D eigenvalue weighted by Gasteiger charge is 2.21. The lowest BCUT2D eigenvalue weighted by Gasteiger charge is -2.32. The number of carbonyl (C=O) groups is 1. The average molecular weight is 576 g/mol. The number of likely N-dealkylation sites (N-methyl/N-ethyl adjacent to an activating group) is 1. The molecule has 2 aromatic heterocycles. The van der Waals surface area contributed by atoms with Crippen molar-refractivity contribution in [2.45, 2.75) is 25.9 Å². The van der Waals surface area contributed by atoms with Crippen molar-refractivity contribution in [3.8, 4) is 0 Å². The second-order valence-corrected chi connectivity index (χ2v) is 11.8. The van der Waals surface area contributed by atoms with E-state index in [9.17, 15) is 9.59 Å². The van der Waals surface area contributed by atoms with Gasteiger partial charge in [0.05, 0.1) is 18.7 Å². The molecular weight excluding hydrogens is 538 g/mol. The first-order valence-corrected chi connectivity index (χ1v) is 15.0. The Morgan fingerprint density at radius 2 is 1.71 bits per heavy atom. The highest BCUT2D eigenvalue weighted by molar-refractivity contribution is 6.30. The Bertz CT molecular complexity index is 1560. The minimum absolute atomic E-state index is 0.174. The number of hydrogen-bond acceptors (Lipinski definition) is 6. The van der Waals surface area contributed by atoms with E-state index in [0.717, 1.165) is 106 Å². The van der Waals surface area contributed by atoms with Gasteiger partial charge < -0.3 is 24.3 Å². The van der Waals surface area contributed by atoms with E-state index >= 15 is 0 Å². The van der Waals surface area contributed by atoms with Crippen LogP contribution in [0.15, 0.2) is 53.5 Å². The number of halogens is 1. The molecule has 1 amide bonds. The van der Waals surface area contributed by atoms with Gasteiger partial charge in [-0.15, -0.1) is 0 Å². The van der Waals surface area contributed by atoms with Gasteiger partial charge in [-0.2, -0.15) is 0 Å². The largest absolute Gasteiger partial charge is 0.379 e. The van der Waals surface area contributed by atoms with E-state index in [-0.39, 0.29) is 16.9 Å². The summed E-state index contributed by atoms with van der Waals surface area (Å²) in [6.45, 7) is 9.73. The number of nitrogens with one attached hydrogen (secondary N) is 1. The van der Waals surface area contributed by atoms with Gasteiger partial charge in [-0.05, 0) is 67.9 Å². The molecule has 2 aliphatic rings. The Morgan fingerprint density at radius 1 is 0.951 bits per heavy atom. The second kappa shape index (κ2) is 12.5. The molecule has 2 fully saturated rings. The Morgan fingerprint density at radius 3 is 2.46 bits per heavy atom. The number of ether oxygens (including phenoxy) is 1. The number of pyridine rings is 1. The Kier molecular flexibility index (Phi) is 8.55. The van der Waals surface area contributed by atoms with Crippen molar-refractivity contribution in [2.24, 2.45) is 0 Å². The molecule has 6 rings (SSSR count). The van der Waals surface area contributed by atoms with Crippen LogP contribution in [0.3, 0.4) is 0 Å². The lowest BCUT2D eigenvalue weighted by Crippen LogP contribution is -2.44. The van der Waals surface area contributed by atoms with Crippen LogP contribution in [-0.2, 0) is 24.2 Å². The number of carbonyl (C=O) groups excluding carboxylic acids is 1. The van der Waals surface area contributed by atoms with Crippen molar-refractivity contribution in [2.75, 3.05) is 66.1 Å². The number of benzene rings is 2. The second-order valence-electron chi connectivity index (χ2n) is 11.4. The van der Waals surface area contributed by atoms with Gasteiger partial charge in [-0.3, -0.25) is 14.5 Å². The molecule has 216 valence electrons. The topological polar surface area (TPSA) is 69.5 Å². The fourth-order valence-corrected chi connectivity index (χ4v) is 6.17. The van der Waals surface area contributed by atoms with E-state index in [1.54, 1.807) is 18.3 Å². The van der Waals surface area contributed by atoms with Gasteiger partial charge in [0.15, 0.2) is 0 Å². The number of amides is 1. The third kappa shape index (κ3) is 6.42. The monoisotopic (exact) mass is 575 g/mol. The third-order valence-electron chi connectivity index (χ3n) is 8.44. The molecule has 2 aromatic carbocycles. The maximum atomic E-state index is 13.8. The summed E-state index contributed by atoms with van der Waals surface area (Å²) in [7, 11) is 2.18. The van der Waals surface area contributed by atoms with Gasteiger partial charge in [0.25, 0.3) is 5.91 Å². The summed E-state index contributed by atoms with van der Waals surface area (Å²) in [6.07, 6.45) is 3.65. The summed E-state index contributed by atoms with van der Waals surface area (Å²) in [5.41, 5.74) is 4.01. The number of nitrogens with zero attached hydrogens (tertiary/aromatic N) is 4. The highest BCUT2D eigenvalue weighted by atomic mass is 35.5. The van der Waals surface area contributed by atoms with Crippen LogP contribution in [0.2, 0.25) is 5.02 Å². The zero-order valence-corrected chi connectivity index (χ0v) is 24.5. The van der Waals surface area contributed by atoms with E-state index in [2.05, 4.69) is 43.6 Å². The number of aryl methyl sites for hydroxylation is 1. The first-order chi connectivity index (χ1) is 19.9. The van der Waals surface area contributed by atoms with E-state index in [0.29, 0.717) is 17.0 Å². The Balaban J connectivity index is 1.30. The van der Waals surface area contributed by atoms with Crippen LogP contribution in [0.5, 0.6) is 0 Å². The van der Waals surface area contributed by atoms with Crippen molar-refractivity contribution in [1.82, 2.24) is 24.4 Å². The van der Waals surface area contributed by atoms with Crippen molar-refractivity contribution in [3.05, 3.63) is 86.3 Å². The zero-order chi connectivity index (χ0) is 28.3. The molecule has 4 heterocycles. The van der Waals surface area contributed by atoms with Crippen LogP contribution in [0.25, 0.3) is 16.3 Å². The molecule has 0 spiro atoms. The van der Waals surface area contributed by atoms with E-state index in [4.69, 9.17) is 16.3 Å². The first kappa shape index (κ1) is 28.1. The number of hydrogen-bond donors (Lipinski definition) is 1. The minimum atomic E-state index is -0.362. The highest BCUT2D eigenvalue weighted by Crippen LogP contribution is 2.27. The first-order valence-electron chi connectivity index (χ1n) is 14.6. The van der Waals surface area contributed by atoms with Gasteiger partial charge in [0, 0.05) is 80.0 Å². The molecule has 0 radical (unpaired) electrons. The van der Waals surface area contributed by atoms with Gasteiger partial charge in [0.2, 0.25) is 5.43 Å². The molecule has 0 bridgehead atoms. The zero-order valence-electron chi connectivity index (χ0n) is 23.7. The fraction of sp³-hybridized carbons (Fsp3) is 0.438. The molecule has 4 aromatic rings. The summed E-state index contributed by atoms with van der Waals surface area (Å²) in [6, 6.07) is 13.8. The molecule has 0 atom stereocenters. The standard InChI is InChI=1S/C32H38ClN5O3/c1-35-9-11-36(12-10-35)8-2-3-27-19-25-17-24(21-37-13-15-41-16-14-37)18-28-30(25)38(27)22-29(31(28)39)32(40)34-20-23-4-6-26(33)7-5-23/h4-7,17-19,22H,2-3,8-16,20-21H2,1H3,(H,34,40). The Labute approximate surface area is 245 Å². The normalized spacial score (nSPS) is 17.5. The molecule has 8 nitrogen and oxygen atoms in total. The van der Waals surface area contributed by atoms with Crippen LogP contribution in [-0.4, -0.2) is 91.1 Å². The minimum Gasteiger partial charge on any atom is -0.379 e. The maximum absolute atomic E-state index is 13.8. The molecule has 1 N–H and O–H groups in total. The van der Waals surface area contributed by atoms with Gasteiger partial charge in [0.1, 0.15) is 5.56 Å². The summed E-state index contributed by atoms with van der Waals surface area (Å²) in [5.74, 6) is -0.362. The SMILES string of the molecule is CN1CCN(CCCc2cc3cc(CN4CCOCC4)cc4c(=O)c(C(=O)NCc5ccc(Cl)cc5)cn2c34)CC1. The van der Waals surface area contributed by atoms with Gasteiger partial charge >= 0.3 is 0 Å². The van der Waals surface area contributed by atoms with Crippen molar-refractivity contribution in [1.29, 1.82) is 0 Å². The average Bonchev–Trinajstić information content (AvgIpc) is 3.33. The van der Waals surface area contributed by atoms with E-state index in [1.807, 2.05) is 18.2 Å². The predicted octanol–water partition coefficient (Wildman–Crippen LogP) is 3.49. The van der Waals surface area contributed by atoms with Crippen LogP contribution in [0.4, 0.5) is 0 Å². The molecule has 2 saturated heterocycles. The smallest absolute Gasteiger partial charge is 0.257 e. The quantitative estimate of drug-likeness (QED) is 0.330. The third-order valence-corrected chi connectivity index (χ3v) is 8.70. The summed E-state index contributed by atoms with van der Waals surface area (Å²) in [5, 5.41) is 5.26. The lowest BCUT2D eigenvalue weighted by molar-refractivity contribution is 0.0342. The van der Waals surface area contributed by atoms with Crippen molar-refractivity contribution >= 4 is 33.8 Å². The van der Waals surface area contributed by atoms with E-state index in [1.165, 1.54) is 0 Å². The Hall–Kier alpha value is -3.01. The van der Waals surface area contributed by atoms with Crippen molar-refractivity contribution in [3.63, 3.8) is 0 Å². The number of aromatic nitrogens is 1. The molecule has 0 unspecified atom stereocenters. The molecule has 2 aliphatic heterocycles. The maximum Gasteiger partial charge on any atom is 0.257 e. The molecular formula is C32H38ClN5O3. The molecule has 41 heavy (non-hydrogen) atoms. The van der Waals surface area contributed by atoms with Gasteiger partial charge in [-0.1, -0.05) is 23.7 Å². The van der Waals surface area contributed by atoms with E-state index < -0.39 is 0 Å². The van der Waals surface area contributed by atoms with Gasteiger partial charge in [-0.25, -0.2) is 0 Å². The van der Waals surface area contributed by atoms with Crippen LogP contribution in [0.1, 0.15) is 33.6 Å². The number of morpholine rings is 1. The molecule has 0 saturated carbocycles. The summed E-state index contributed by atoms with van der Waals surface area (Å²) >= 11 is 6.01. The summed E-state index contributed by atoms with van der Waals surface area (Å²) in [4.78, 5) is 34.4. The van der Waals surface area contributed by atoms with Crippen LogP contribution >= 0.6 is 11.6 Å². The summed E-state index contributed by atoms with van der Waals surface area (Å²) < 4.78 is 7.61. The number of piperazine rings is 1. The fourth-order valence-electron chi connectivity index (χ4n) is 6.04. The predicted molar refractivity (Wildman–Crippen MR) is 163 cm³/mol. The number of rotatable bonds is 9. The molecule has 0 aliphatic carbocycles. The van der Waals surface area contributed by atoms with Crippen molar-refractivity contribution < 1.29 is 9.53 Å². The lowest BCUT2D eigenvalue weighted by atomic mass is 10.0. The molecule has 9 heteroatoms.